The fraction of sp³-hybridized carbons (Fsp3) is 1.00. The van der Waals surface area contributed by atoms with Crippen molar-refractivity contribution in [3.05, 3.63) is 0 Å². The van der Waals surface area contributed by atoms with E-state index >= 15 is 0 Å². The summed E-state index contributed by atoms with van der Waals surface area (Å²) in [5.41, 5.74) is 0. The second kappa shape index (κ2) is 40.0. The van der Waals surface area contributed by atoms with E-state index < -0.39 is 18.3 Å². The van der Waals surface area contributed by atoms with E-state index in [0.717, 1.165) is 57.8 Å². The van der Waals surface area contributed by atoms with Gasteiger partial charge in [-0.3, -0.25) is 0 Å². The molecule has 6 nitrogen and oxygen atoms in total. The molecule has 0 aromatic heterocycles. The summed E-state index contributed by atoms with van der Waals surface area (Å²) in [4.78, 5) is 0. The zero-order chi connectivity index (χ0) is 36.8. The Morgan fingerprint density at radius 1 is 0.320 bits per heavy atom. The van der Waals surface area contributed by atoms with Crippen LogP contribution in [0, 0.1) is 0 Å². The summed E-state index contributed by atoms with van der Waals surface area (Å²) in [7, 11) is 0. The first-order valence-electron chi connectivity index (χ1n) is 22.6. The van der Waals surface area contributed by atoms with Crippen LogP contribution in [0.3, 0.4) is 0 Å². The van der Waals surface area contributed by atoms with E-state index in [1.54, 1.807) is 0 Å². The molecule has 6 heteroatoms. The molecule has 302 valence electrons. The molecule has 3 unspecified atom stereocenters. The average molecular weight is 713 g/mol. The summed E-state index contributed by atoms with van der Waals surface area (Å²) < 4.78 is 0. The zero-order valence-corrected chi connectivity index (χ0v) is 34.3. The molecule has 0 aliphatic heterocycles. The van der Waals surface area contributed by atoms with Crippen LogP contribution in [0.1, 0.15) is 233 Å². The van der Waals surface area contributed by atoms with Crippen molar-refractivity contribution in [2.24, 2.45) is 0 Å². The number of unbranched alkanes of at least 4 members (excludes halogenated alkanes) is 27. The molecule has 0 aliphatic carbocycles. The first kappa shape index (κ1) is 49.8. The molecule has 4 N–H and O–H groups in total. The highest BCUT2D eigenvalue weighted by Crippen LogP contribution is 2.17. The lowest BCUT2D eigenvalue weighted by Crippen LogP contribution is -2.52. The van der Waals surface area contributed by atoms with Crippen LogP contribution in [-0.4, -0.2) is 81.5 Å². The predicted octanol–water partition coefficient (Wildman–Crippen LogP) is 11.5. The third-order valence-corrected chi connectivity index (χ3v) is 10.7. The fourth-order valence-electron chi connectivity index (χ4n) is 7.37. The topological polar surface area (TPSA) is 87.4 Å². The van der Waals surface area contributed by atoms with Crippen LogP contribution < -0.4 is 0 Å². The van der Waals surface area contributed by atoms with E-state index in [1.165, 1.54) is 154 Å². The molecular formula is C44H92N2O4. The maximum atomic E-state index is 11.1. The number of rotatable bonds is 42. The van der Waals surface area contributed by atoms with Gasteiger partial charge in [0, 0.05) is 26.2 Å². The van der Waals surface area contributed by atoms with Crippen LogP contribution >= 0.6 is 0 Å². The lowest BCUT2D eigenvalue weighted by Gasteiger charge is -2.38. The first-order chi connectivity index (χ1) is 24.5. The minimum atomic E-state index is -0.478. The number of hydrazine groups is 1. The van der Waals surface area contributed by atoms with Crippen molar-refractivity contribution in [3.8, 4) is 0 Å². The Labute approximate surface area is 313 Å². The van der Waals surface area contributed by atoms with E-state index in [2.05, 4.69) is 25.8 Å². The van der Waals surface area contributed by atoms with Gasteiger partial charge in [-0.25, -0.2) is 10.0 Å². The molecule has 0 saturated heterocycles. The smallest absolute Gasteiger partial charge is 0.0681 e. The molecule has 0 amide bonds. The van der Waals surface area contributed by atoms with E-state index in [4.69, 9.17) is 0 Å². The number of hydrogen-bond acceptors (Lipinski definition) is 6. The van der Waals surface area contributed by atoms with Gasteiger partial charge in [0.2, 0.25) is 0 Å². The third kappa shape index (κ3) is 34.8. The minimum Gasteiger partial charge on any atom is -0.395 e. The molecule has 0 bridgehead atoms. The Morgan fingerprint density at radius 2 is 0.540 bits per heavy atom. The van der Waals surface area contributed by atoms with Gasteiger partial charge >= 0.3 is 0 Å². The quantitative estimate of drug-likeness (QED) is 0.0372. The van der Waals surface area contributed by atoms with Crippen LogP contribution in [0.5, 0.6) is 0 Å². The Balaban J connectivity index is 4.74. The number of aliphatic hydroxyl groups excluding tert-OH is 4. The molecular weight excluding hydrogens is 620 g/mol. The molecule has 50 heavy (non-hydrogen) atoms. The largest absolute Gasteiger partial charge is 0.395 e. The summed E-state index contributed by atoms with van der Waals surface area (Å²) in [6.07, 6.45) is 39.2. The van der Waals surface area contributed by atoms with Gasteiger partial charge in [-0.05, 0) is 19.3 Å². The molecule has 0 spiro atoms. The van der Waals surface area contributed by atoms with Gasteiger partial charge < -0.3 is 20.4 Å². The van der Waals surface area contributed by atoms with Gasteiger partial charge in [0.15, 0.2) is 0 Å². The summed E-state index contributed by atoms with van der Waals surface area (Å²) >= 11 is 0. The van der Waals surface area contributed by atoms with Gasteiger partial charge in [0.05, 0.1) is 24.9 Å². The Morgan fingerprint density at radius 3 is 0.780 bits per heavy atom. The molecule has 0 radical (unpaired) electrons. The summed E-state index contributed by atoms with van der Waals surface area (Å²) in [5.74, 6) is 0. The van der Waals surface area contributed by atoms with Crippen LogP contribution in [0.15, 0.2) is 0 Å². The minimum absolute atomic E-state index is 0.00937. The molecule has 0 rings (SSSR count). The summed E-state index contributed by atoms with van der Waals surface area (Å²) in [6.45, 7) is 8.52. The number of hydrogen-bond donors (Lipinski definition) is 4. The van der Waals surface area contributed by atoms with Crippen molar-refractivity contribution in [3.63, 3.8) is 0 Å². The first-order valence-corrected chi connectivity index (χ1v) is 22.6. The monoisotopic (exact) mass is 713 g/mol. The van der Waals surface area contributed by atoms with Crippen LogP contribution in [0.25, 0.3) is 0 Å². The highest BCUT2D eigenvalue weighted by Gasteiger charge is 2.23. The van der Waals surface area contributed by atoms with Gasteiger partial charge in [0.1, 0.15) is 0 Å². The molecule has 0 saturated carbocycles. The zero-order valence-electron chi connectivity index (χ0n) is 34.3. The third-order valence-electron chi connectivity index (χ3n) is 10.7. The molecule has 0 fully saturated rings. The Bertz CT molecular complexity index is 607. The Kier molecular flexibility index (Phi) is 39.8. The van der Waals surface area contributed by atoms with E-state index in [-0.39, 0.29) is 6.61 Å². The van der Waals surface area contributed by atoms with Crippen LogP contribution in [0.4, 0.5) is 0 Å². The second-order valence-electron chi connectivity index (χ2n) is 15.9. The van der Waals surface area contributed by atoms with Gasteiger partial charge in [-0.2, -0.15) is 0 Å². The average Bonchev–Trinajstić information content (AvgIpc) is 3.10. The summed E-state index contributed by atoms with van der Waals surface area (Å²) in [6, 6.07) is 0. The van der Waals surface area contributed by atoms with Crippen molar-refractivity contribution in [1.82, 2.24) is 10.0 Å². The van der Waals surface area contributed by atoms with Gasteiger partial charge in [0.25, 0.3) is 0 Å². The molecule has 0 aliphatic rings. The lowest BCUT2D eigenvalue weighted by atomic mass is 10.0. The standard InChI is InChI=1S/C44H92N2O4/c1-4-7-10-13-16-19-22-25-28-31-34-42(48)39-45(37-38-47)46(40-43(49)35-32-29-26-23-20-17-14-11-8-5-2)41-44(50)36-33-30-27-24-21-18-15-12-9-6-3/h42-44,47-50H,4-41H2,1-3H3. The van der Waals surface area contributed by atoms with Crippen molar-refractivity contribution in [2.45, 2.75) is 251 Å². The van der Waals surface area contributed by atoms with Gasteiger partial charge in [-0.15, -0.1) is 0 Å². The molecule has 0 aromatic rings. The maximum Gasteiger partial charge on any atom is 0.0681 e. The van der Waals surface area contributed by atoms with Crippen LogP contribution in [0.2, 0.25) is 0 Å². The maximum absolute atomic E-state index is 11.1. The van der Waals surface area contributed by atoms with Crippen molar-refractivity contribution in [1.29, 1.82) is 0 Å². The molecule has 3 atom stereocenters. The summed E-state index contributed by atoms with van der Waals surface area (Å²) in [5, 5.41) is 47.3. The van der Waals surface area contributed by atoms with Gasteiger partial charge in [-0.1, -0.05) is 213 Å². The highest BCUT2D eigenvalue weighted by molar-refractivity contribution is 4.72. The number of aliphatic hydroxyl groups is 4. The fourth-order valence-corrected chi connectivity index (χ4v) is 7.37. The predicted molar refractivity (Wildman–Crippen MR) is 218 cm³/mol. The van der Waals surface area contributed by atoms with E-state index in [9.17, 15) is 20.4 Å². The molecule has 0 heterocycles. The van der Waals surface area contributed by atoms with E-state index in [0.29, 0.717) is 26.2 Å². The lowest BCUT2D eigenvalue weighted by molar-refractivity contribution is -0.101. The van der Waals surface area contributed by atoms with Crippen molar-refractivity contribution < 1.29 is 20.4 Å². The van der Waals surface area contributed by atoms with Crippen LogP contribution in [-0.2, 0) is 0 Å². The second-order valence-corrected chi connectivity index (χ2v) is 15.9. The highest BCUT2D eigenvalue weighted by atomic mass is 16.3. The Hall–Kier alpha value is -0.240. The number of nitrogens with zero attached hydrogens (tertiary/aromatic N) is 2. The normalized spacial score (nSPS) is 13.9. The SMILES string of the molecule is CCCCCCCCCCCCC(O)CN(CCO)N(CC(O)CCCCCCCCCCCC)CC(O)CCCCCCCCCCCC. The molecule has 0 aromatic carbocycles. The van der Waals surface area contributed by atoms with E-state index in [1.807, 2.05) is 5.01 Å². The van der Waals surface area contributed by atoms with Crippen molar-refractivity contribution in [2.75, 3.05) is 32.8 Å². The van der Waals surface area contributed by atoms with Crippen molar-refractivity contribution >= 4 is 0 Å².